The first-order valence-electron chi connectivity index (χ1n) is 6.64. The minimum Gasteiger partial charge on any atom is -0.399 e. The highest BCUT2D eigenvalue weighted by Gasteiger charge is 2.35. The standard InChI is InChI=1S/C15H11F6N3O/c16-14(17,18)9-5-7(1-3-11(9)23)13(25)24-12-4-2-8(22)6-10(12)15(19,20)21/h1-6H,22-23H2,(H,24,25). The number of carbonyl (C=O) groups excluding carboxylic acids is 1. The topological polar surface area (TPSA) is 81.1 Å². The number of hydrogen-bond acceptors (Lipinski definition) is 3. The number of anilines is 3. The molecule has 0 atom stereocenters. The quantitative estimate of drug-likeness (QED) is 0.554. The summed E-state index contributed by atoms with van der Waals surface area (Å²) in [6.45, 7) is 0. The van der Waals surface area contributed by atoms with Crippen molar-refractivity contribution in [1.29, 1.82) is 0 Å². The van der Waals surface area contributed by atoms with Crippen LogP contribution in [-0.4, -0.2) is 5.91 Å². The maximum atomic E-state index is 13.0. The van der Waals surface area contributed by atoms with Crippen LogP contribution in [-0.2, 0) is 12.4 Å². The summed E-state index contributed by atoms with van der Waals surface area (Å²) in [5.74, 6) is -1.15. The number of carbonyl (C=O) groups is 1. The van der Waals surface area contributed by atoms with Crippen LogP contribution in [0.1, 0.15) is 21.5 Å². The number of hydrogen-bond donors (Lipinski definition) is 3. The fourth-order valence-corrected chi connectivity index (χ4v) is 2.04. The van der Waals surface area contributed by atoms with Gasteiger partial charge in [-0.2, -0.15) is 26.3 Å². The monoisotopic (exact) mass is 363 g/mol. The van der Waals surface area contributed by atoms with E-state index in [0.29, 0.717) is 12.1 Å². The minimum absolute atomic E-state index is 0.183. The van der Waals surface area contributed by atoms with E-state index in [2.05, 4.69) is 0 Å². The molecule has 0 saturated carbocycles. The molecule has 2 aromatic carbocycles. The molecular formula is C15H11F6N3O. The Balaban J connectivity index is 2.39. The van der Waals surface area contributed by atoms with Gasteiger partial charge in [-0.3, -0.25) is 4.79 Å². The van der Waals surface area contributed by atoms with Crippen LogP contribution < -0.4 is 16.8 Å². The van der Waals surface area contributed by atoms with Gasteiger partial charge in [0.05, 0.1) is 16.8 Å². The number of nitrogen functional groups attached to an aromatic ring is 2. The molecule has 0 heterocycles. The van der Waals surface area contributed by atoms with E-state index in [1.807, 2.05) is 5.32 Å². The van der Waals surface area contributed by atoms with Crippen LogP contribution in [0.3, 0.4) is 0 Å². The molecule has 0 fully saturated rings. The number of alkyl halides is 6. The fraction of sp³-hybridized carbons (Fsp3) is 0.133. The lowest BCUT2D eigenvalue weighted by Gasteiger charge is -2.15. The molecule has 0 aliphatic carbocycles. The van der Waals surface area contributed by atoms with Gasteiger partial charge in [-0.05, 0) is 36.4 Å². The van der Waals surface area contributed by atoms with Gasteiger partial charge in [-0.1, -0.05) is 0 Å². The molecule has 10 heteroatoms. The van der Waals surface area contributed by atoms with Gasteiger partial charge in [0.2, 0.25) is 0 Å². The third-order valence-corrected chi connectivity index (χ3v) is 3.22. The van der Waals surface area contributed by atoms with E-state index in [4.69, 9.17) is 11.5 Å². The van der Waals surface area contributed by atoms with Crippen molar-refractivity contribution in [1.82, 2.24) is 0 Å². The van der Waals surface area contributed by atoms with Crippen LogP contribution >= 0.6 is 0 Å². The normalized spacial score (nSPS) is 12.1. The zero-order valence-electron chi connectivity index (χ0n) is 12.3. The molecule has 0 aromatic heterocycles. The smallest absolute Gasteiger partial charge is 0.399 e. The van der Waals surface area contributed by atoms with Crippen molar-refractivity contribution in [2.75, 3.05) is 16.8 Å². The first-order chi connectivity index (χ1) is 11.4. The van der Waals surface area contributed by atoms with Crippen LogP contribution in [0, 0.1) is 0 Å². The number of rotatable bonds is 2. The lowest BCUT2D eigenvalue weighted by Crippen LogP contribution is -2.18. The lowest BCUT2D eigenvalue weighted by atomic mass is 10.1. The molecule has 0 aliphatic rings. The molecule has 134 valence electrons. The molecule has 5 N–H and O–H groups in total. The molecule has 0 radical (unpaired) electrons. The summed E-state index contributed by atoms with van der Waals surface area (Å²) in [7, 11) is 0. The number of nitrogens with one attached hydrogen (secondary N) is 1. The Hall–Kier alpha value is -2.91. The fourth-order valence-electron chi connectivity index (χ4n) is 2.04. The van der Waals surface area contributed by atoms with Crippen molar-refractivity contribution in [2.24, 2.45) is 0 Å². The van der Waals surface area contributed by atoms with Gasteiger partial charge < -0.3 is 16.8 Å². The minimum atomic E-state index is -4.81. The van der Waals surface area contributed by atoms with Gasteiger partial charge >= 0.3 is 12.4 Å². The SMILES string of the molecule is Nc1ccc(NC(=O)c2ccc(N)c(C(F)(F)F)c2)c(C(F)(F)F)c1. The average molecular weight is 363 g/mol. The van der Waals surface area contributed by atoms with Crippen molar-refractivity contribution in [3.63, 3.8) is 0 Å². The van der Waals surface area contributed by atoms with Crippen molar-refractivity contribution in [3.05, 3.63) is 53.1 Å². The summed E-state index contributed by atoms with van der Waals surface area (Å²) in [6, 6.07) is 4.94. The van der Waals surface area contributed by atoms with E-state index in [-0.39, 0.29) is 5.69 Å². The summed E-state index contributed by atoms with van der Waals surface area (Å²) < 4.78 is 77.4. The summed E-state index contributed by atoms with van der Waals surface area (Å²) >= 11 is 0. The number of benzene rings is 2. The number of halogens is 6. The van der Waals surface area contributed by atoms with Crippen molar-refractivity contribution >= 4 is 23.0 Å². The average Bonchev–Trinajstić information content (AvgIpc) is 2.47. The molecule has 0 spiro atoms. The predicted octanol–water partition coefficient (Wildman–Crippen LogP) is 4.14. The van der Waals surface area contributed by atoms with Crippen LogP contribution in [0.5, 0.6) is 0 Å². The zero-order valence-corrected chi connectivity index (χ0v) is 12.3. The summed E-state index contributed by atoms with van der Waals surface area (Å²) in [6.07, 6.45) is -9.62. The highest BCUT2D eigenvalue weighted by Crippen LogP contribution is 2.37. The number of amides is 1. The molecule has 0 bridgehead atoms. The highest BCUT2D eigenvalue weighted by atomic mass is 19.4. The molecule has 25 heavy (non-hydrogen) atoms. The summed E-state index contributed by atoms with van der Waals surface area (Å²) in [4.78, 5) is 12.1. The van der Waals surface area contributed by atoms with E-state index >= 15 is 0 Å². The lowest BCUT2D eigenvalue weighted by molar-refractivity contribution is -0.137. The molecule has 0 unspecified atom stereocenters. The highest BCUT2D eigenvalue weighted by molar-refractivity contribution is 6.05. The molecule has 4 nitrogen and oxygen atoms in total. The van der Waals surface area contributed by atoms with Crippen LogP contribution in [0.2, 0.25) is 0 Å². The molecule has 2 aromatic rings. The van der Waals surface area contributed by atoms with Crippen molar-refractivity contribution in [2.45, 2.75) is 12.4 Å². The van der Waals surface area contributed by atoms with E-state index < -0.39 is 46.3 Å². The van der Waals surface area contributed by atoms with Crippen LogP contribution in [0.4, 0.5) is 43.4 Å². The molecule has 0 aliphatic heterocycles. The van der Waals surface area contributed by atoms with E-state index in [1.54, 1.807) is 0 Å². The Kier molecular flexibility index (Phi) is 4.56. The van der Waals surface area contributed by atoms with E-state index in [9.17, 15) is 31.1 Å². The maximum absolute atomic E-state index is 13.0. The van der Waals surface area contributed by atoms with E-state index in [0.717, 1.165) is 24.3 Å². The Morgan fingerprint density at radius 2 is 1.44 bits per heavy atom. The Bertz CT molecular complexity index is 814. The van der Waals surface area contributed by atoms with Gasteiger partial charge in [0.1, 0.15) is 0 Å². The number of nitrogens with two attached hydrogens (primary N) is 2. The second-order valence-corrected chi connectivity index (χ2v) is 5.06. The van der Waals surface area contributed by atoms with Gasteiger partial charge in [-0.25, -0.2) is 0 Å². The Morgan fingerprint density at radius 1 is 0.840 bits per heavy atom. The summed E-state index contributed by atoms with van der Waals surface area (Å²) in [5.41, 5.74) is 6.13. The van der Waals surface area contributed by atoms with E-state index in [1.165, 1.54) is 0 Å². The second-order valence-electron chi connectivity index (χ2n) is 5.06. The second kappa shape index (κ2) is 6.19. The Morgan fingerprint density at radius 3 is 2.00 bits per heavy atom. The third kappa shape index (κ3) is 4.14. The van der Waals surface area contributed by atoms with Crippen molar-refractivity contribution in [3.8, 4) is 0 Å². The van der Waals surface area contributed by atoms with Crippen LogP contribution in [0.15, 0.2) is 36.4 Å². The third-order valence-electron chi connectivity index (χ3n) is 3.22. The van der Waals surface area contributed by atoms with Gasteiger partial charge in [0.25, 0.3) is 5.91 Å². The van der Waals surface area contributed by atoms with Crippen LogP contribution in [0.25, 0.3) is 0 Å². The predicted molar refractivity (Wildman–Crippen MR) is 79.7 cm³/mol. The Labute approximate surface area is 137 Å². The van der Waals surface area contributed by atoms with Gasteiger partial charge in [-0.15, -0.1) is 0 Å². The van der Waals surface area contributed by atoms with Gasteiger partial charge in [0, 0.05) is 16.9 Å². The van der Waals surface area contributed by atoms with Gasteiger partial charge in [0.15, 0.2) is 0 Å². The maximum Gasteiger partial charge on any atom is 0.418 e. The molecule has 2 rings (SSSR count). The zero-order chi connectivity index (χ0) is 19.0. The molecular weight excluding hydrogens is 352 g/mol. The molecule has 0 saturated heterocycles. The largest absolute Gasteiger partial charge is 0.418 e. The summed E-state index contributed by atoms with van der Waals surface area (Å²) in [5, 5.41) is 1.94. The first-order valence-corrected chi connectivity index (χ1v) is 6.64. The molecule has 1 amide bonds. The van der Waals surface area contributed by atoms with Crippen molar-refractivity contribution < 1.29 is 31.1 Å². The first kappa shape index (κ1) is 18.4.